The summed E-state index contributed by atoms with van der Waals surface area (Å²) in [5.74, 6) is 0.811. The summed E-state index contributed by atoms with van der Waals surface area (Å²) in [6.07, 6.45) is 1.99. The molecule has 82 valence electrons. The molecule has 2 N–H and O–H groups in total. The number of nitrogens with one attached hydrogen (secondary N) is 2. The van der Waals surface area contributed by atoms with Crippen molar-refractivity contribution in [2.45, 2.75) is 32.4 Å². The molecular formula is C10H15N3O2. The molecule has 5 nitrogen and oxygen atoms in total. The molecule has 1 aromatic heterocycles. The van der Waals surface area contributed by atoms with Crippen LogP contribution in [0.3, 0.4) is 0 Å². The maximum atomic E-state index is 11.6. The lowest BCUT2D eigenvalue weighted by Gasteiger charge is -2.09. The molecule has 1 fully saturated rings. The third-order valence-corrected chi connectivity index (χ3v) is 2.50. The molecule has 0 radical (unpaired) electrons. The average molecular weight is 209 g/mol. The van der Waals surface area contributed by atoms with E-state index in [1.54, 1.807) is 0 Å². The first-order chi connectivity index (χ1) is 7.25. The van der Waals surface area contributed by atoms with Gasteiger partial charge >= 0.3 is 0 Å². The van der Waals surface area contributed by atoms with Crippen molar-refractivity contribution in [3.63, 3.8) is 0 Å². The molecule has 15 heavy (non-hydrogen) atoms. The summed E-state index contributed by atoms with van der Waals surface area (Å²) in [6.45, 7) is 3.20. The number of hydrogen-bond acceptors (Lipinski definition) is 4. The Morgan fingerprint density at radius 2 is 2.67 bits per heavy atom. The Kier molecular flexibility index (Phi) is 3.01. The molecule has 1 aliphatic heterocycles. The van der Waals surface area contributed by atoms with Crippen LogP contribution in [0.2, 0.25) is 0 Å². The highest BCUT2D eigenvalue weighted by Crippen LogP contribution is 2.05. The largest absolute Gasteiger partial charge is 0.361 e. The van der Waals surface area contributed by atoms with Gasteiger partial charge in [0, 0.05) is 6.07 Å². The zero-order valence-corrected chi connectivity index (χ0v) is 8.75. The van der Waals surface area contributed by atoms with Gasteiger partial charge in [-0.3, -0.25) is 4.79 Å². The van der Waals surface area contributed by atoms with Crippen LogP contribution >= 0.6 is 0 Å². The third-order valence-electron chi connectivity index (χ3n) is 2.50. The van der Waals surface area contributed by atoms with E-state index in [2.05, 4.69) is 15.8 Å². The molecule has 0 bridgehead atoms. The lowest BCUT2D eigenvalue weighted by molar-refractivity contribution is -0.122. The molecule has 1 aliphatic rings. The second-order valence-electron chi connectivity index (χ2n) is 3.80. The van der Waals surface area contributed by atoms with Crippen molar-refractivity contribution in [1.82, 2.24) is 15.8 Å². The SMILES string of the molecule is Cc1cc(CNC(=O)[C@@H]2CCCN2)no1. The van der Waals surface area contributed by atoms with Crippen molar-refractivity contribution in [3.8, 4) is 0 Å². The number of carbonyl (C=O) groups excluding carboxylic acids is 1. The van der Waals surface area contributed by atoms with Crippen molar-refractivity contribution in [1.29, 1.82) is 0 Å². The zero-order valence-electron chi connectivity index (χ0n) is 8.75. The predicted octanol–water partition coefficient (Wildman–Crippen LogP) is 0.351. The van der Waals surface area contributed by atoms with Gasteiger partial charge in [0.2, 0.25) is 5.91 Å². The topological polar surface area (TPSA) is 67.2 Å². The van der Waals surface area contributed by atoms with Crippen LogP contribution in [-0.2, 0) is 11.3 Å². The Labute approximate surface area is 88.2 Å². The van der Waals surface area contributed by atoms with Gasteiger partial charge in [0.1, 0.15) is 11.5 Å². The van der Waals surface area contributed by atoms with Gasteiger partial charge in [-0.2, -0.15) is 0 Å². The fourth-order valence-corrected chi connectivity index (χ4v) is 1.71. The second-order valence-corrected chi connectivity index (χ2v) is 3.80. The van der Waals surface area contributed by atoms with Gasteiger partial charge in [-0.1, -0.05) is 5.16 Å². The van der Waals surface area contributed by atoms with Crippen LogP contribution < -0.4 is 10.6 Å². The minimum absolute atomic E-state index is 0.0296. The summed E-state index contributed by atoms with van der Waals surface area (Å²) in [6, 6.07) is 1.79. The van der Waals surface area contributed by atoms with Crippen molar-refractivity contribution >= 4 is 5.91 Å². The van der Waals surface area contributed by atoms with E-state index < -0.39 is 0 Å². The highest BCUT2D eigenvalue weighted by molar-refractivity contribution is 5.81. The molecule has 0 spiro atoms. The lowest BCUT2D eigenvalue weighted by Crippen LogP contribution is -2.40. The predicted molar refractivity (Wildman–Crippen MR) is 54.1 cm³/mol. The van der Waals surface area contributed by atoms with Gasteiger partial charge in [0.05, 0.1) is 12.6 Å². The van der Waals surface area contributed by atoms with E-state index in [1.807, 2.05) is 13.0 Å². The van der Waals surface area contributed by atoms with Gasteiger partial charge in [-0.15, -0.1) is 0 Å². The summed E-state index contributed by atoms with van der Waals surface area (Å²) >= 11 is 0. The maximum Gasteiger partial charge on any atom is 0.237 e. The highest BCUT2D eigenvalue weighted by Gasteiger charge is 2.21. The number of amides is 1. The molecule has 2 heterocycles. The number of nitrogens with zero attached hydrogens (tertiary/aromatic N) is 1. The molecule has 0 unspecified atom stereocenters. The van der Waals surface area contributed by atoms with Gasteiger partial charge in [-0.25, -0.2) is 0 Å². The normalized spacial score (nSPS) is 20.5. The fraction of sp³-hybridized carbons (Fsp3) is 0.600. The Bertz CT molecular complexity index is 342. The highest BCUT2D eigenvalue weighted by atomic mass is 16.5. The summed E-state index contributed by atoms with van der Waals surface area (Å²) in [5.41, 5.74) is 0.763. The van der Waals surface area contributed by atoms with E-state index in [1.165, 1.54) is 0 Å². The van der Waals surface area contributed by atoms with Crippen LogP contribution in [0, 0.1) is 6.92 Å². The Morgan fingerprint density at radius 1 is 1.80 bits per heavy atom. The molecule has 2 rings (SSSR count). The monoisotopic (exact) mass is 209 g/mol. The standard InChI is InChI=1S/C10H15N3O2/c1-7-5-8(13-15-7)6-12-10(14)9-3-2-4-11-9/h5,9,11H,2-4,6H2,1H3,(H,12,14)/t9-/m0/s1. The van der Waals surface area contributed by atoms with Crippen LogP contribution in [-0.4, -0.2) is 23.7 Å². The van der Waals surface area contributed by atoms with Crippen molar-refractivity contribution in [2.75, 3.05) is 6.54 Å². The minimum atomic E-state index is -0.0296. The Morgan fingerprint density at radius 3 is 3.27 bits per heavy atom. The van der Waals surface area contributed by atoms with E-state index in [0.717, 1.165) is 30.8 Å². The van der Waals surface area contributed by atoms with Gasteiger partial charge in [0.15, 0.2) is 0 Å². The van der Waals surface area contributed by atoms with Crippen LogP contribution in [0.25, 0.3) is 0 Å². The van der Waals surface area contributed by atoms with E-state index >= 15 is 0 Å². The molecule has 1 amide bonds. The second kappa shape index (κ2) is 4.44. The van der Waals surface area contributed by atoms with Crippen LogP contribution in [0.1, 0.15) is 24.3 Å². The average Bonchev–Trinajstić information content (AvgIpc) is 2.84. The summed E-state index contributed by atoms with van der Waals surface area (Å²) in [4.78, 5) is 11.6. The number of carbonyl (C=O) groups is 1. The van der Waals surface area contributed by atoms with E-state index in [4.69, 9.17) is 4.52 Å². The first-order valence-corrected chi connectivity index (χ1v) is 5.19. The van der Waals surface area contributed by atoms with Crippen molar-refractivity contribution in [3.05, 3.63) is 17.5 Å². The summed E-state index contributed by atoms with van der Waals surface area (Å²) in [7, 11) is 0. The molecule has 1 aromatic rings. The van der Waals surface area contributed by atoms with Crippen LogP contribution in [0.15, 0.2) is 10.6 Å². The van der Waals surface area contributed by atoms with E-state index in [9.17, 15) is 4.79 Å². The number of hydrogen-bond donors (Lipinski definition) is 2. The maximum absolute atomic E-state index is 11.6. The molecule has 0 aromatic carbocycles. The lowest BCUT2D eigenvalue weighted by atomic mass is 10.2. The van der Waals surface area contributed by atoms with Crippen molar-refractivity contribution < 1.29 is 9.32 Å². The number of aromatic nitrogens is 1. The smallest absolute Gasteiger partial charge is 0.237 e. The van der Waals surface area contributed by atoms with Crippen molar-refractivity contribution in [2.24, 2.45) is 0 Å². The minimum Gasteiger partial charge on any atom is -0.361 e. The fourth-order valence-electron chi connectivity index (χ4n) is 1.71. The van der Waals surface area contributed by atoms with E-state index in [-0.39, 0.29) is 11.9 Å². The molecule has 5 heteroatoms. The van der Waals surface area contributed by atoms with Crippen LogP contribution in [0.5, 0.6) is 0 Å². The first kappa shape index (κ1) is 10.2. The molecular weight excluding hydrogens is 194 g/mol. The molecule has 1 saturated heterocycles. The Hall–Kier alpha value is -1.36. The first-order valence-electron chi connectivity index (χ1n) is 5.19. The summed E-state index contributed by atoms with van der Waals surface area (Å²) < 4.78 is 4.91. The van der Waals surface area contributed by atoms with Crippen LogP contribution in [0.4, 0.5) is 0 Å². The van der Waals surface area contributed by atoms with Gasteiger partial charge in [0.25, 0.3) is 0 Å². The van der Waals surface area contributed by atoms with E-state index in [0.29, 0.717) is 6.54 Å². The zero-order chi connectivity index (χ0) is 10.7. The number of rotatable bonds is 3. The molecule has 1 atom stereocenters. The molecule has 0 aliphatic carbocycles. The summed E-state index contributed by atoms with van der Waals surface area (Å²) in [5, 5.41) is 9.78. The third kappa shape index (κ3) is 2.56. The quantitative estimate of drug-likeness (QED) is 0.754. The molecule has 0 saturated carbocycles. The number of aryl methyl sites for hydroxylation is 1. The Balaban J connectivity index is 1.80. The van der Waals surface area contributed by atoms with Gasteiger partial charge < -0.3 is 15.2 Å². The van der Waals surface area contributed by atoms with Gasteiger partial charge in [-0.05, 0) is 26.3 Å².